The van der Waals surface area contributed by atoms with Crippen LogP contribution in [0.3, 0.4) is 0 Å². The van der Waals surface area contributed by atoms with Crippen LogP contribution in [0.4, 0.5) is 0 Å². The Kier molecular flexibility index (Phi) is 3.34. The first-order chi connectivity index (χ1) is 6.63. The number of carbonyl (C=O) groups excluding carboxylic acids is 1. The molecule has 0 bridgehead atoms. The van der Waals surface area contributed by atoms with E-state index in [0.717, 1.165) is 12.0 Å². The molecular formula is C10H11NO3. The van der Waals surface area contributed by atoms with Gasteiger partial charge < -0.3 is 0 Å². The van der Waals surface area contributed by atoms with Gasteiger partial charge in [0, 0.05) is 10.5 Å². The Morgan fingerprint density at radius 3 is 2.36 bits per heavy atom. The largest absolute Gasteiger partial charge is 0.287 e. The zero-order valence-corrected chi connectivity index (χ0v) is 7.90. The maximum absolute atomic E-state index is 11.2. The normalized spacial score (nSPS) is 9.79. The number of nitrogens with zero attached hydrogens (tertiary/aromatic N) is 1. The molecule has 1 rings (SSSR count). The van der Waals surface area contributed by atoms with Crippen LogP contribution in [0.15, 0.2) is 24.3 Å². The van der Waals surface area contributed by atoms with Gasteiger partial charge in [0.1, 0.15) is 0 Å². The molecule has 0 saturated heterocycles. The Labute approximate surface area is 81.7 Å². The van der Waals surface area contributed by atoms with Crippen molar-refractivity contribution in [3.05, 3.63) is 45.5 Å². The number of ketones is 1. The third kappa shape index (κ3) is 2.65. The molecule has 0 fully saturated rings. The summed E-state index contributed by atoms with van der Waals surface area (Å²) in [5.74, 6) is -0.447. The number of aryl methyl sites for hydroxylation is 1. The van der Waals surface area contributed by atoms with Crippen molar-refractivity contribution < 1.29 is 9.72 Å². The summed E-state index contributed by atoms with van der Waals surface area (Å²) in [6.45, 7) is 1.37. The molecule has 0 unspecified atom stereocenters. The van der Waals surface area contributed by atoms with Crippen molar-refractivity contribution in [1.29, 1.82) is 0 Å². The topological polar surface area (TPSA) is 60.2 Å². The van der Waals surface area contributed by atoms with Gasteiger partial charge in [0.25, 0.3) is 6.54 Å². The van der Waals surface area contributed by atoms with Crippen LogP contribution in [-0.4, -0.2) is 17.3 Å². The van der Waals surface area contributed by atoms with E-state index in [1.54, 1.807) is 12.1 Å². The van der Waals surface area contributed by atoms with E-state index in [2.05, 4.69) is 0 Å². The number of carbonyl (C=O) groups is 1. The van der Waals surface area contributed by atoms with E-state index in [9.17, 15) is 14.9 Å². The van der Waals surface area contributed by atoms with Crippen molar-refractivity contribution in [2.45, 2.75) is 13.3 Å². The van der Waals surface area contributed by atoms with Crippen LogP contribution in [0.1, 0.15) is 22.8 Å². The van der Waals surface area contributed by atoms with Gasteiger partial charge >= 0.3 is 0 Å². The average Bonchev–Trinajstić information content (AvgIpc) is 2.17. The number of rotatable bonds is 4. The lowest BCUT2D eigenvalue weighted by Gasteiger charge is -1.98. The number of hydrogen-bond acceptors (Lipinski definition) is 3. The summed E-state index contributed by atoms with van der Waals surface area (Å²) in [4.78, 5) is 20.7. The highest BCUT2D eigenvalue weighted by atomic mass is 16.6. The van der Waals surface area contributed by atoms with Crippen molar-refractivity contribution in [3.63, 3.8) is 0 Å². The van der Waals surface area contributed by atoms with Crippen LogP contribution >= 0.6 is 0 Å². The monoisotopic (exact) mass is 193 g/mol. The van der Waals surface area contributed by atoms with Crippen molar-refractivity contribution in [2.24, 2.45) is 0 Å². The second kappa shape index (κ2) is 4.50. The van der Waals surface area contributed by atoms with Crippen LogP contribution < -0.4 is 0 Å². The van der Waals surface area contributed by atoms with Crippen LogP contribution in [0.5, 0.6) is 0 Å². The van der Waals surface area contributed by atoms with Crippen molar-refractivity contribution in [2.75, 3.05) is 6.54 Å². The fourth-order valence-electron chi connectivity index (χ4n) is 1.13. The average molecular weight is 193 g/mol. The van der Waals surface area contributed by atoms with E-state index in [-0.39, 0.29) is 0 Å². The van der Waals surface area contributed by atoms with Crippen molar-refractivity contribution in [3.8, 4) is 0 Å². The summed E-state index contributed by atoms with van der Waals surface area (Å²) in [5.41, 5.74) is 1.52. The van der Waals surface area contributed by atoms with Crippen molar-refractivity contribution in [1.82, 2.24) is 0 Å². The molecule has 0 aromatic heterocycles. The van der Waals surface area contributed by atoms with Crippen LogP contribution in [0.2, 0.25) is 0 Å². The molecule has 0 saturated carbocycles. The third-order valence-corrected chi connectivity index (χ3v) is 1.96. The first-order valence-electron chi connectivity index (χ1n) is 4.37. The fourth-order valence-corrected chi connectivity index (χ4v) is 1.13. The SMILES string of the molecule is CCc1ccc(C(=O)C[N+](=O)[O-])cc1. The molecule has 0 aliphatic rings. The summed E-state index contributed by atoms with van der Waals surface area (Å²) >= 11 is 0. The summed E-state index contributed by atoms with van der Waals surface area (Å²) in [6.07, 6.45) is 0.893. The summed E-state index contributed by atoms with van der Waals surface area (Å²) < 4.78 is 0. The van der Waals surface area contributed by atoms with Gasteiger partial charge in [0.2, 0.25) is 5.78 Å². The lowest BCUT2D eigenvalue weighted by molar-refractivity contribution is -0.465. The van der Waals surface area contributed by atoms with Gasteiger partial charge in [-0.15, -0.1) is 0 Å². The highest BCUT2D eigenvalue weighted by molar-refractivity contribution is 5.96. The van der Waals surface area contributed by atoms with E-state index in [1.165, 1.54) is 0 Å². The van der Waals surface area contributed by atoms with Gasteiger partial charge in [-0.2, -0.15) is 0 Å². The number of nitro groups is 1. The molecule has 74 valence electrons. The molecule has 0 amide bonds. The van der Waals surface area contributed by atoms with Crippen LogP contribution in [0.25, 0.3) is 0 Å². The number of Topliss-reactive ketones (excluding diaryl/α,β-unsaturated/α-hetero) is 1. The third-order valence-electron chi connectivity index (χ3n) is 1.96. The van der Waals surface area contributed by atoms with Crippen LogP contribution in [-0.2, 0) is 6.42 Å². The molecule has 0 aliphatic heterocycles. The highest BCUT2D eigenvalue weighted by Crippen LogP contribution is 2.05. The quantitative estimate of drug-likeness (QED) is 0.415. The summed E-state index contributed by atoms with van der Waals surface area (Å²) in [7, 11) is 0. The van der Waals surface area contributed by atoms with Gasteiger partial charge in [0.15, 0.2) is 0 Å². The predicted molar refractivity (Wildman–Crippen MR) is 52.0 cm³/mol. The van der Waals surface area contributed by atoms with E-state index in [1.807, 2.05) is 19.1 Å². The number of benzene rings is 1. The van der Waals surface area contributed by atoms with Gasteiger partial charge in [-0.3, -0.25) is 14.9 Å². The summed E-state index contributed by atoms with van der Waals surface area (Å²) in [5, 5.41) is 10.1. The Morgan fingerprint density at radius 1 is 1.36 bits per heavy atom. The van der Waals surface area contributed by atoms with Gasteiger partial charge in [0.05, 0.1) is 0 Å². The molecule has 4 nitrogen and oxygen atoms in total. The minimum atomic E-state index is -0.633. The minimum absolute atomic E-state index is 0.402. The minimum Gasteiger partial charge on any atom is -0.287 e. The Hall–Kier alpha value is -1.71. The fraction of sp³-hybridized carbons (Fsp3) is 0.300. The summed E-state index contributed by atoms with van der Waals surface area (Å²) in [6, 6.07) is 6.88. The second-order valence-electron chi connectivity index (χ2n) is 2.96. The van der Waals surface area contributed by atoms with Gasteiger partial charge in [-0.1, -0.05) is 31.2 Å². The zero-order chi connectivity index (χ0) is 10.6. The highest BCUT2D eigenvalue weighted by Gasteiger charge is 2.11. The predicted octanol–water partition coefficient (Wildman–Crippen LogP) is 1.71. The molecule has 4 heteroatoms. The molecule has 1 aromatic carbocycles. The molecule has 0 atom stereocenters. The molecule has 0 aliphatic carbocycles. The molecule has 1 aromatic rings. The Morgan fingerprint density at radius 2 is 1.93 bits per heavy atom. The van der Waals surface area contributed by atoms with Gasteiger partial charge in [-0.05, 0) is 12.0 Å². The Bertz CT molecular complexity index is 343. The maximum atomic E-state index is 11.2. The smallest absolute Gasteiger partial charge is 0.265 e. The van der Waals surface area contributed by atoms with Crippen LogP contribution in [0, 0.1) is 10.1 Å². The first-order valence-corrected chi connectivity index (χ1v) is 4.37. The molecule has 0 heterocycles. The Balaban J connectivity index is 2.76. The molecule has 14 heavy (non-hydrogen) atoms. The van der Waals surface area contributed by atoms with E-state index < -0.39 is 17.3 Å². The van der Waals surface area contributed by atoms with E-state index in [4.69, 9.17) is 0 Å². The molecule has 0 N–H and O–H groups in total. The molecule has 0 spiro atoms. The maximum Gasteiger partial charge on any atom is 0.265 e. The zero-order valence-electron chi connectivity index (χ0n) is 7.90. The molecular weight excluding hydrogens is 182 g/mol. The van der Waals surface area contributed by atoms with Crippen molar-refractivity contribution >= 4 is 5.78 Å². The lowest BCUT2D eigenvalue weighted by Crippen LogP contribution is -2.13. The second-order valence-corrected chi connectivity index (χ2v) is 2.96. The standard InChI is InChI=1S/C10H11NO3/c1-2-8-3-5-9(6-4-8)10(12)7-11(13)14/h3-6H,2,7H2,1H3. The lowest BCUT2D eigenvalue weighted by atomic mass is 10.1. The van der Waals surface area contributed by atoms with E-state index >= 15 is 0 Å². The molecule has 0 radical (unpaired) electrons. The first kappa shape index (κ1) is 10.4. The number of hydrogen-bond donors (Lipinski definition) is 0. The van der Waals surface area contributed by atoms with E-state index in [0.29, 0.717) is 5.56 Å². The van der Waals surface area contributed by atoms with Gasteiger partial charge in [-0.25, -0.2) is 0 Å².